The number of aromatic amines is 1. The van der Waals surface area contributed by atoms with Gasteiger partial charge in [-0.15, -0.1) is 0 Å². The molecule has 1 amide bonds. The Balaban J connectivity index is 1.69. The minimum absolute atomic E-state index is 0.0705. The number of hydrogen-bond acceptors (Lipinski definition) is 4. The lowest BCUT2D eigenvalue weighted by atomic mass is 10.0. The summed E-state index contributed by atoms with van der Waals surface area (Å²) in [6.45, 7) is 0.304. The third-order valence-corrected chi connectivity index (χ3v) is 4.52. The average molecular weight is 386 g/mol. The van der Waals surface area contributed by atoms with Crippen molar-refractivity contribution in [1.29, 1.82) is 0 Å². The Kier molecular flexibility index (Phi) is 5.48. The molecule has 0 saturated heterocycles. The van der Waals surface area contributed by atoms with Crippen molar-refractivity contribution in [3.63, 3.8) is 0 Å². The zero-order chi connectivity index (χ0) is 19.4. The third-order valence-electron chi connectivity index (χ3n) is 4.26. The molecule has 7 heteroatoms. The van der Waals surface area contributed by atoms with Crippen LogP contribution in [-0.2, 0) is 22.5 Å². The summed E-state index contributed by atoms with van der Waals surface area (Å²) >= 11 is 5.86. The van der Waals surface area contributed by atoms with Crippen LogP contribution in [0.1, 0.15) is 11.1 Å². The number of hydrogen-bond donors (Lipinski definition) is 2. The molecule has 0 saturated carbocycles. The zero-order valence-electron chi connectivity index (χ0n) is 14.8. The van der Waals surface area contributed by atoms with Crippen LogP contribution in [0, 0.1) is 0 Å². The van der Waals surface area contributed by atoms with Crippen molar-refractivity contribution in [1.82, 2.24) is 9.88 Å². The number of aldehydes is 1. The molecular weight excluding hydrogens is 366 g/mol. The summed E-state index contributed by atoms with van der Waals surface area (Å²) in [6.07, 6.45) is 1.62. The van der Waals surface area contributed by atoms with Crippen molar-refractivity contribution < 1.29 is 14.3 Å². The van der Waals surface area contributed by atoms with E-state index in [1.165, 1.54) is 4.90 Å². The molecular formula is C20H20ClN3O3. The molecule has 2 aromatic carbocycles. The van der Waals surface area contributed by atoms with Gasteiger partial charge in [0, 0.05) is 42.1 Å². The third kappa shape index (κ3) is 4.48. The number of fused-ring (bicyclic) bond motifs is 1. The van der Waals surface area contributed by atoms with E-state index < -0.39 is 11.8 Å². The largest absolute Gasteiger partial charge is 0.420 e. The molecule has 0 fully saturated rings. The van der Waals surface area contributed by atoms with Crippen LogP contribution in [0.3, 0.4) is 0 Å². The van der Waals surface area contributed by atoms with Crippen LogP contribution in [0.4, 0.5) is 4.79 Å². The van der Waals surface area contributed by atoms with Crippen LogP contribution >= 0.6 is 11.6 Å². The number of ether oxygens (including phenoxy) is 1. The smallest absolute Gasteiger partial charge is 0.411 e. The van der Waals surface area contributed by atoms with Gasteiger partial charge in [-0.05, 0) is 29.3 Å². The first-order valence-corrected chi connectivity index (χ1v) is 8.77. The van der Waals surface area contributed by atoms with Crippen LogP contribution in [-0.4, -0.2) is 35.0 Å². The maximum Gasteiger partial charge on any atom is 0.411 e. The minimum Gasteiger partial charge on any atom is -0.420 e. The van der Waals surface area contributed by atoms with E-state index in [0.717, 1.165) is 22.0 Å². The normalized spacial score (nSPS) is 13.1. The Bertz CT molecular complexity index is 955. The molecule has 0 aliphatic carbocycles. The summed E-state index contributed by atoms with van der Waals surface area (Å²) in [4.78, 5) is 28.5. The summed E-state index contributed by atoms with van der Waals surface area (Å²) in [7, 11) is 1.58. The second-order valence-electron chi connectivity index (χ2n) is 6.46. The first kappa shape index (κ1) is 18.9. The Morgan fingerprint density at radius 3 is 2.67 bits per heavy atom. The van der Waals surface area contributed by atoms with Gasteiger partial charge < -0.3 is 14.6 Å². The molecule has 0 aliphatic heterocycles. The molecule has 3 N–H and O–H groups in total. The van der Waals surface area contributed by atoms with E-state index in [1.807, 2.05) is 36.4 Å². The number of nitrogens with zero attached hydrogens (tertiary/aromatic N) is 1. The zero-order valence-corrected chi connectivity index (χ0v) is 15.6. The Labute approximate surface area is 161 Å². The highest BCUT2D eigenvalue weighted by Crippen LogP contribution is 2.22. The average Bonchev–Trinajstić information content (AvgIpc) is 3.06. The Hall–Kier alpha value is -2.83. The van der Waals surface area contributed by atoms with Crippen LogP contribution in [0.5, 0.6) is 0 Å². The topological polar surface area (TPSA) is 88.4 Å². The molecule has 140 valence electrons. The van der Waals surface area contributed by atoms with Crippen molar-refractivity contribution in [2.75, 3.05) is 7.05 Å². The molecule has 1 heterocycles. The second-order valence-corrected chi connectivity index (χ2v) is 6.90. The molecule has 3 rings (SSSR count). The van der Waals surface area contributed by atoms with Crippen molar-refractivity contribution in [2.24, 2.45) is 5.73 Å². The van der Waals surface area contributed by atoms with Crippen molar-refractivity contribution in [3.8, 4) is 0 Å². The minimum atomic E-state index is -1.75. The van der Waals surface area contributed by atoms with E-state index in [1.54, 1.807) is 25.4 Å². The van der Waals surface area contributed by atoms with Gasteiger partial charge in [-0.25, -0.2) is 4.79 Å². The SMILES string of the molecule is CN(Cc1ccc(Cl)cc1)C(=O)OC(N)(C=O)Cc1c[nH]c2ccccc12. The highest BCUT2D eigenvalue weighted by molar-refractivity contribution is 6.30. The number of nitrogens with two attached hydrogens (primary N) is 1. The number of nitrogens with one attached hydrogen (secondary N) is 1. The predicted molar refractivity (Wildman–Crippen MR) is 104 cm³/mol. The van der Waals surface area contributed by atoms with E-state index in [9.17, 15) is 9.59 Å². The Morgan fingerprint density at radius 1 is 1.26 bits per heavy atom. The fourth-order valence-corrected chi connectivity index (χ4v) is 2.97. The van der Waals surface area contributed by atoms with Gasteiger partial charge >= 0.3 is 6.09 Å². The van der Waals surface area contributed by atoms with Gasteiger partial charge in [-0.2, -0.15) is 0 Å². The van der Waals surface area contributed by atoms with E-state index in [-0.39, 0.29) is 6.42 Å². The number of amides is 1. The lowest BCUT2D eigenvalue weighted by Crippen LogP contribution is -2.50. The van der Waals surface area contributed by atoms with E-state index >= 15 is 0 Å². The van der Waals surface area contributed by atoms with E-state index in [4.69, 9.17) is 22.1 Å². The van der Waals surface area contributed by atoms with Crippen molar-refractivity contribution in [3.05, 3.63) is 70.9 Å². The maximum atomic E-state index is 12.4. The molecule has 0 aliphatic rings. The fourth-order valence-electron chi connectivity index (χ4n) is 2.85. The fraction of sp³-hybridized carbons (Fsp3) is 0.200. The highest BCUT2D eigenvalue weighted by Gasteiger charge is 2.32. The van der Waals surface area contributed by atoms with Gasteiger partial charge in [0.25, 0.3) is 0 Å². The van der Waals surface area contributed by atoms with E-state index in [2.05, 4.69) is 4.98 Å². The molecule has 6 nitrogen and oxygen atoms in total. The molecule has 1 atom stereocenters. The maximum absolute atomic E-state index is 12.4. The molecule has 3 aromatic rings. The van der Waals surface area contributed by atoms with E-state index in [0.29, 0.717) is 17.9 Å². The molecule has 0 radical (unpaired) electrons. The molecule has 1 aromatic heterocycles. The van der Waals surface area contributed by atoms with Gasteiger partial charge in [-0.1, -0.05) is 41.9 Å². The monoisotopic (exact) mass is 385 g/mol. The first-order valence-electron chi connectivity index (χ1n) is 8.39. The number of carbonyl (C=O) groups excluding carboxylic acids is 2. The van der Waals surface area contributed by atoms with Crippen molar-refractivity contribution in [2.45, 2.75) is 18.7 Å². The quantitative estimate of drug-likeness (QED) is 0.502. The summed E-state index contributed by atoms with van der Waals surface area (Å²) < 4.78 is 5.32. The molecule has 27 heavy (non-hydrogen) atoms. The van der Waals surface area contributed by atoms with Crippen LogP contribution in [0.25, 0.3) is 10.9 Å². The highest BCUT2D eigenvalue weighted by atomic mass is 35.5. The van der Waals surface area contributed by atoms with Gasteiger partial charge in [0.05, 0.1) is 0 Å². The molecule has 0 bridgehead atoms. The number of aromatic nitrogens is 1. The molecule has 0 spiro atoms. The summed E-state index contributed by atoms with van der Waals surface area (Å²) in [5.74, 6) is 0. The first-order chi connectivity index (χ1) is 12.9. The van der Waals surface area contributed by atoms with Crippen molar-refractivity contribution >= 4 is 34.9 Å². The second kappa shape index (κ2) is 7.82. The summed E-state index contributed by atoms with van der Waals surface area (Å²) in [5, 5.41) is 1.55. The lowest BCUT2D eigenvalue weighted by molar-refractivity contribution is -0.124. The molecule has 1 unspecified atom stereocenters. The summed E-state index contributed by atoms with van der Waals surface area (Å²) in [5.41, 5.74) is 6.91. The van der Waals surface area contributed by atoms with Gasteiger partial charge in [0.2, 0.25) is 5.72 Å². The van der Waals surface area contributed by atoms with Crippen LogP contribution < -0.4 is 5.73 Å². The van der Waals surface area contributed by atoms with Gasteiger partial charge in [-0.3, -0.25) is 10.5 Å². The Morgan fingerprint density at radius 2 is 1.96 bits per heavy atom. The number of H-pyrrole nitrogens is 1. The number of halogens is 1. The number of benzene rings is 2. The number of para-hydroxylation sites is 1. The van der Waals surface area contributed by atoms with Gasteiger partial charge in [0.1, 0.15) is 0 Å². The number of carbonyl (C=O) groups is 2. The van der Waals surface area contributed by atoms with Crippen LogP contribution in [0.15, 0.2) is 54.7 Å². The number of rotatable bonds is 6. The summed E-state index contributed by atoms with van der Waals surface area (Å²) in [6, 6.07) is 14.7. The van der Waals surface area contributed by atoms with Crippen LogP contribution in [0.2, 0.25) is 5.02 Å². The standard InChI is InChI=1S/C20H20ClN3O3/c1-24(12-14-6-8-16(21)9-7-14)19(26)27-20(22,13-25)10-15-11-23-18-5-3-2-4-17(15)18/h2-9,11,13,23H,10,12,22H2,1H3. The predicted octanol–water partition coefficient (Wildman–Crippen LogP) is 3.49. The van der Waals surface area contributed by atoms with Gasteiger partial charge in [0.15, 0.2) is 6.29 Å². The lowest BCUT2D eigenvalue weighted by Gasteiger charge is -2.26.